The lowest BCUT2D eigenvalue weighted by molar-refractivity contribution is 0.102. The first kappa shape index (κ1) is 12.0. The lowest BCUT2D eigenvalue weighted by Crippen LogP contribution is -2.11. The van der Waals surface area contributed by atoms with Gasteiger partial charge in [-0.3, -0.25) is 9.48 Å². The van der Waals surface area contributed by atoms with Gasteiger partial charge in [-0.05, 0) is 34.5 Å². The van der Waals surface area contributed by atoms with E-state index in [9.17, 15) is 9.18 Å². The summed E-state index contributed by atoms with van der Waals surface area (Å²) in [7, 11) is 1.64. The first-order valence-corrected chi connectivity index (χ1v) is 5.79. The lowest BCUT2D eigenvalue weighted by atomic mass is 10.0. The molecule has 0 amide bonds. The summed E-state index contributed by atoms with van der Waals surface area (Å²) in [6.07, 6.45) is 1.51. The van der Waals surface area contributed by atoms with Crippen LogP contribution in [0, 0.1) is 12.7 Å². The minimum absolute atomic E-state index is 0.0642. The van der Waals surface area contributed by atoms with Crippen molar-refractivity contribution in [2.45, 2.75) is 6.92 Å². The van der Waals surface area contributed by atoms with E-state index in [1.807, 2.05) is 0 Å². The molecule has 1 aromatic heterocycles. The van der Waals surface area contributed by atoms with Gasteiger partial charge in [0.1, 0.15) is 11.5 Å². The van der Waals surface area contributed by atoms with E-state index < -0.39 is 5.82 Å². The summed E-state index contributed by atoms with van der Waals surface area (Å²) >= 11 is 3.23. The maximum absolute atomic E-state index is 13.8. The predicted molar refractivity (Wildman–Crippen MR) is 65.5 cm³/mol. The van der Waals surface area contributed by atoms with E-state index in [-0.39, 0.29) is 11.3 Å². The van der Waals surface area contributed by atoms with E-state index in [0.717, 1.165) is 0 Å². The number of carbonyl (C=O) groups is 1. The molecule has 0 aliphatic heterocycles. The summed E-state index contributed by atoms with van der Waals surface area (Å²) < 4.78 is 15.8. The molecule has 0 unspecified atom stereocenters. The SMILES string of the molecule is Cc1cccc(C(=O)c2c(Br)cnn2C)c1F. The Bertz CT molecular complexity index is 573. The molecular formula is C12H10BrFN2O. The fraction of sp³-hybridized carbons (Fsp3) is 0.167. The smallest absolute Gasteiger partial charge is 0.215 e. The second-order valence-corrected chi connectivity index (χ2v) is 4.58. The van der Waals surface area contributed by atoms with Crippen LogP contribution < -0.4 is 0 Å². The van der Waals surface area contributed by atoms with Crippen molar-refractivity contribution in [3.05, 3.63) is 51.5 Å². The van der Waals surface area contributed by atoms with Gasteiger partial charge in [-0.1, -0.05) is 12.1 Å². The number of ketones is 1. The minimum Gasteiger partial charge on any atom is -0.287 e. The Morgan fingerprint density at radius 3 is 2.76 bits per heavy atom. The highest BCUT2D eigenvalue weighted by Crippen LogP contribution is 2.21. The van der Waals surface area contributed by atoms with Gasteiger partial charge < -0.3 is 0 Å². The number of aryl methyl sites for hydroxylation is 2. The van der Waals surface area contributed by atoms with Gasteiger partial charge in [-0.2, -0.15) is 5.10 Å². The van der Waals surface area contributed by atoms with Gasteiger partial charge >= 0.3 is 0 Å². The Morgan fingerprint density at radius 2 is 2.18 bits per heavy atom. The summed E-state index contributed by atoms with van der Waals surface area (Å²) in [4.78, 5) is 12.2. The number of nitrogens with zero attached hydrogens (tertiary/aromatic N) is 2. The first-order chi connectivity index (χ1) is 8.02. The zero-order valence-electron chi connectivity index (χ0n) is 9.37. The lowest BCUT2D eigenvalue weighted by Gasteiger charge is -2.05. The van der Waals surface area contributed by atoms with Gasteiger partial charge in [-0.25, -0.2) is 4.39 Å². The predicted octanol–water partition coefficient (Wildman–Crippen LogP) is 2.86. The zero-order valence-corrected chi connectivity index (χ0v) is 11.0. The number of hydrogen-bond donors (Lipinski definition) is 0. The quantitative estimate of drug-likeness (QED) is 0.799. The minimum atomic E-state index is -0.481. The number of aromatic nitrogens is 2. The third kappa shape index (κ3) is 2.02. The first-order valence-electron chi connectivity index (χ1n) is 4.99. The van der Waals surface area contributed by atoms with Crippen molar-refractivity contribution >= 4 is 21.7 Å². The number of halogens is 2. The molecule has 0 N–H and O–H groups in total. The van der Waals surface area contributed by atoms with Crippen LogP contribution in [0.5, 0.6) is 0 Å². The molecule has 1 heterocycles. The Hall–Kier alpha value is -1.49. The van der Waals surface area contributed by atoms with Crippen LogP contribution >= 0.6 is 15.9 Å². The largest absolute Gasteiger partial charge is 0.287 e. The molecule has 2 aromatic rings. The third-order valence-electron chi connectivity index (χ3n) is 2.55. The van der Waals surface area contributed by atoms with Crippen molar-refractivity contribution in [1.29, 1.82) is 0 Å². The van der Waals surface area contributed by atoms with E-state index in [0.29, 0.717) is 15.7 Å². The van der Waals surface area contributed by atoms with E-state index in [4.69, 9.17) is 0 Å². The van der Waals surface area contributed by atoms with Crippen molar-refractivity contribution < 1.29 is 9.18 Å². The third-order valence-corrected chi connectivity index (χ3v) is 3.13. The number of benzene rings is 1. The van der Waals surface area contributed by atoms with Crippen molar-refractivity contribution in [2.75, 3.05) is 0 Å². The topological polar surface area (TPSA) is 34.9 Å². The van der Waals surface area contributed by atoms with E-state index >= 15 is 0 Å². The Kier molecular flexibility index (Phi) is 3.11. The number of carbonyl (C=O) groups excluding carboxylic acids is 1. The van der Waals surface area contributed by atoms with Crippen LogP contribution in [0.3, 0.4) is 0 Å². The normalized spacial score (nSPS) is 10.6. The van der Waals surface area contributed by atoms with Crippen LogP contribution in [-0.4, -0.2) is 15.6 Å². The van der Waals surface area contributed by atoms with E-state index in [2.05, 4.69) is 21.0 Å². The second-order valence-electron chi connectivity index (χ2n) is 3.73. The summed E-state index contributed by atoms with van der Waals surface area (Å²) in [5.41, 5.74) is 0.859. The molecule has 3 nitrogen and oxygen atoms in total. The molecule has 2 rings (SSSR count). The van der Waals surface area contributed by atoms with Crippen molar-refractivity contribution in [2.24, 2.45) is 7.05 Å². The molecule has 0 spiro atoms. The van der Waals surface area contributed by atoms with Crippen LogP contribution in [-0.2, 0) is 7.05 Å². The van der Waals surface area contributed by atoms with Crippen molar-refractivity contribution in [1.82, 2.24) is 9.78 Å². The molecule has 0 aliphatic rings. The van der Waals surface area contributed by atoms with E-state index in [1.54, 1.807) is 26.1 Å². The number of hydrogen-bond acceptors (Lipinski definition) is 2. The summed E-state index contributed by atoms with van der Waals surface area (Å²) in [5.74, 6) is -0.858. The van der Waals surface area contributed by atoms with Crippen LogP contribution in [0.15, 0.2) is 28.9 Å². The summed E-state index contributed by atoms with van der Waals surface area (Å²) in [5, 5.41) is 3.94. The molecule has 0 aliphatic carbocycles. The molecule has 0 radical (unpaired) electrons. The Balaban J connectivity index is 2.55. The number of rotatable bonds is 2. The van der Waals surface area contributed by atoms with Gasteiger partial charge in [0.05, 0.1) is 16.2 Å². The molecule has 0 fully saturated rings. The fourth-order valence-corrected chi connectivity index (χ4v) is 2.14. The standard InChI is InChI=1S/C12H10BrFN2O/c1-7-4-3-5-8(10(7)14)12(17)11-9(13)6-15-16(11)2/h3-6H,1-2H3. The maximum atomic E-state index is 13.8. The summed E-state index contributed by atoms with van der Waals surface area (Å²) in [6, 6.07) is 4.77. The average molecular weight is 297 g/mol. The molecule has 88 valence electrons. The van der Waals surface area contributed by atoms with Crippen molar-refractivity contribution in [3.63, 3.8) is 0 Å². The highest BCUT2D eigenvalue weighted by atomic mass is 79.9. The summed E-state index contributed by atoms with van der Waals surface area (Å²) in [6.45, 7) is 1.63. The van der Waals surface area contributed by atoms with Gasteiger partial charge in [0.2, 0.25) is 5.78 Å². The molecule has 1 aromatic carbocycles. The molecular weight excluding hydrogens is 287 g/mol. The molecule has 0 atom stereocenters. The van der Waals surface area contributed by atoms with Crippen LogP contribution in [0.25, 0.3) is 0 Å². The Morgan fingerprint density at radius 1 is 1.47 bits per heavy atom. The van der Waals surface area contributed by atoms with Crippen LogP contribution in [0.1, 0.15) is 21.6 Å². The highest BCUT2D eigenvalue weighted by Gasteiger charge is 2.20. The Labute approximate surface area is 106 Å². The zero-order chi connectivity index (χ0) is 12.6. The average Bonchev–Trinajstić information content (AvgIpc) is 2.62. The van der Waals surface area contributed by atoms with Crippen molar-refractivity contribution in [3.8, 4) is 0 Å². The highest BCUT2D eigenvalue weighted by molar-refractivity contribution is 9.10. The van der Waals surface area contributed by atoms with Gasteiger partial charge in [0.25, 0.3) is 0 Å². The monoisotopic (exact) mass is 296 g/mol. The molecule has 0 bridgehead atoms. The van der Waals surface area contributed by atoms with Crippen LogP contribution in [0.2, 0.25) is 0 Å². The fourth-order valence-electron chi connectivity index (χ4n) is 1.62. The molecule has 0 saturated carbocycles. The molecule has 17 heavy (non-hydrogen) atoms. The van der Waals surface area contributed by atoms with Crippen LogP contribution in [0.4, 0.5) is 4.39 Å². The molecule has 5 heteroatoms. The van der Waals surface area contributed by atoms with Gasteiger partial charge in [0.15, 0.2) is 0 Å². The van der Waals surface area contributed by atoms with Gasteiger partial charge in [-0.15, -0.1) is 0 Å². The van der Waals surface area contributed by atoms with Gasteiger partial charge in [0, 0.05) is 7.05 Å². The molecule has 0 saturated heterocycles. The second kappa shape index (κ2) is 4.41. The maximum Gasteiger partial charge on any atom is 0.215 e. The van der Waals surface area contributed by atoms with E-state index in [1.165, 1.54) is 16.9 Å².